The van der Waals surface area contributed by atoms with Gasteiger partial charge in [-0.25, -0.2) is 0 Å². The van der Waals surface area contributed by atoms with E-state index in [1.807, 2.05) is 6.07 Å². The van der Waals surface area contributed by atoms with E-state index >= 15 is 0 Å². The van der Waals surface area contributed by atoms with Crippen molar-refractivity contribution in [3.05, 3.63) is 50.6 Å². The van der Waals surface area contributed by atoms with E-state index in [1.54, 1.807) is 33.5 Å². The fraction of sp³-hybridized carbons (Fsp3) is 0.333. The average Bonchev–Trinajstić information content (AvgIpc) is 2.90. The molecule has 0 saturated heterocycles. The van der Waals surface area contributed by atoms with E-state index in [9.17, 15) is 9.59 Å². The van der Waals surface area contributed by atoms with Gasteiger partial charge in [0.1, 0.15) is 0 Å². The molecule has 6 nitrogen and oxygen atoms in total. The molecule has 1 aliphatic rings. The Morgan fingerprint density at radius 2 is 1.82 bits per heavy atom. The Morgan fingerprint density at radius 1 is 1.11 bits per heavy atom. The minimum Gasteiger partial charge on any atom is -0.493 e. The van der Waals surface area contributed by atoms with E-state index in [2.05, 4.69) is 5.32 Å². The Kier molecular flexibility index (Phi) is 5.79. The van der Waals surface area contributed by atoms with Crippen molar-refractivity contribution in [2.24, 2.45) is 0 Å². The standard InChI is InChI=1S/C21H22ClNO5/c1-11(24)23-16-7-5-12-9-18(26-2)20(27-3)21(28-4)19(12)13-6-8-17(25)15(22)10-14(13)16/h6,8-10,16H,5,7H2,1-4H3,(H,23,24). The maximum Gasteiger partial charge on any atom is 0.217 e. The monoisotopic (exact) mass is 403 g/mol. The van der Waals surface area contributed by atoms with Gasteiger partial charge in [-0.15, -0.1) is 0 Å². The van der Waals surface area contributed by atoms with Crippen LogP contribution in [0, 0.1) is 0 Å². The summed E-state index contributed by atoms with van der Waals surface area (Å²) in [5, 5.41) is 3.06. The molecule has 0 fully saturated rings. The Balaban J connectivity index is 2.41. The van der Waals surface area contributed by atoms with Crippen molar-refractivity contribution < 1.29 is 19.0 Å². The number of ether oxygens (including phenoxy) is 3. The quantitative estimate of drug-likeness (QED) is 0.845. The van der Waals surface area contributed by atoms with Gasteiger partial charge in [-0.2, -0.15) is 0 Å². The molecule has 0 bridgehead atoms. The van der Waals surface area contributed by atoms with E-state index in [0.717, 1.165) is 22.3 Å². The van der Waals surface area contributed by atoms with Gasteiger partial charge in [0.2, 0.25) is 11.7 Å². The Hall–Kier alpha value is -2.73. The van der Waals surface area contributed by atoms with Crippen LogP contribution in [-0.2, 0) is 11.2 Å². The normalized spacial score (nSPS) is 15.0. The van der Waals surface area contributed by atoms with Gasteiger partial charge < -0.3 is 19.5 Å². The lowest BCUT2D eigenvalue weighted by Gasteiger charge is -2.19. The van der Waals surface area contributed by atoms with Gasteiger partial charge in [-0.05, 0) is 53.8 Å². The van der Waals surface area contributed by atoms with Gasteiger partial charge in [0.05, 0.1) is 32.4 Å². The van der Waals surface area contributed by atoms with Gasteiger partial charge in [0, 0.05) is 12.5 Å². The van der Waals surface area contributed by atoms with Crippen LogP contribution in [0.1, 0.15) is 30.5 Å². The minimum atomic E-state index is -0.300. The number of carbonyl (C=O) groups excluding carboxylic acids is 1. The molecule has 2 aromatic rings. The van der Waals surface area contributed by atoms with Gasteiger partial charge in [-0.3, -0.25) is 9.59 Å². The number of benzene rings is 1. The van der Waals surface area contributed by atoms with Gasteiger partial charge >= 0.3 is 0 Å². The second kappa shape index (κ2) is 8.10. The number of fused-ring (bicyclic) bond motifs is 3. The molecule has 3 rings (SSSR count). The van der Waals surface area contributed by atoms with Crippen molar-refractivity contribution in [3.8, 4) is 28.4 Å². The molecule has 28 heavy (non-hydrogen) atoms. The molecule has 2 aromatic carbocycles. The smallest absolute Gasteiger partial charge is 0.217 e. The molecule has 148 valence electrons. The topological polar surface area (TPSA) is 73.9 Å². The highest BCUT2D eigenvalue weighted by molar-refractivity contribution is 6.30. The van der Waals surface area contributed by atoms with Crippen LogP contribution in [0.4, 0.5) is 0 Å². The summed E-state index contributed by atoms with van der Waals surface area (Å²) < 4.78 is 16.7. The van der Waals surface area contributed by atoms with Crippen molar-refractivity contribution >= 4 is 17.5 Å². The van der Waals surface area contributed by atoms with E-state index in [1.165, 1.54) is 13.0 Å². The first-order chi connectivity index (χ1) is 13.4. The Labute approximate surface area is 168 Å². The van der Waals surface area contributed by atoms with Crippen molar-refractivity contribution in [2.45, 2.75) is 25.8 Å². The summed E-state index contributed by atoms with van der Waals surface area (Å²) in [4.78, 5) is 24.0. The Morgan fingerprint density at radius 3 is 2.43 bits per heavy atom. The third-order valence-electron chi connectivity index (χ3n) is 4.87. The lowest BCUT2D eigenvalue weighted by atomic mass is 9.95. The fourth-order valence-corrected chi connectivity index (χ4v) is 3.87. The van der Waals surface area contributed by atoms with Gasteiger partial charge in [0.15, 0.2) is 16.9 Å². The highest BCUT2D eigenvalue weighted by Crippen LogP contribution is 2.50. The minimum absolute atomic E-state index is 0.0968. The summed E-state index contributed by atoms with van der Waals surface area (Å²) in [5.74, 6) is 1.37. The highest BCUT2D eigenvalue weighted by Gasteiger charge is 2.29. The predicted molar refractivity (Wildman–Crippen MR) is 108 cm³/mol. The summed E-state index contributed by atoms with van der Waals surface area (Å²) in [6.07, 6.45) is 1.30. The number of hydrogen-bond acceptors (Lipinski definition) is 5. The molecular formula is C21H22ClNO5. The van der Waals surface area contributed by atoms with E-state index in [0.29, 0.717) is 30.1 Å². The number of nitrogens with one attached hydrogen (secondary N) is 1. The molecule has 0 aliphatic heterocycles. The van der Waals surface area contributed by atoms with E-state index in [-0.39, 0.29) is 22.4 Å². The largest absolute Gasteiger partial charge is 0.493 e. The third-order valence-corrected chi connectivity index (χ3v) is 5.16. The molecule has 1 amide bonds. The third kappa shape index (κ3) is 3.52. The SMILES string of the molecule is COc1cc2c(c(OC)c1OC)-c1ccc(=O)c(Cl)cc1C(NC(C)=O)CC2. The predicted octanol–water partition coefficient (Wildman–Crippen LogP) is 3.52. The maximum atomic E-state index is 12.2. The molecule has 7 heteroatoms. The molecular weight excluding hydrogens is 382 g/mol. The fourth-order valence-electron chi connectivity index (χ4n) is 3.69. The second-order valence-electron chi connectivity index (χ2n) is 6.53. The molecule has 0 spiro atoms. The van der Waals surface area contributed by atoms with Crippen molar-refractivity contribution in [1.29, 1.82) is 0 Å². The molecule has 0 aromatic heterocycles. The summed E-state index contributed by atoms with van der Waals surface area (Å²) in [7, 11) is 4.67. The summed E-state index contributed by atoms with van der Waals surface area (Å²) in [5.41, 5.74) is 2.99. The van der Waals surface area contributed by atoms with E-state index < -0.39 is 0 Å². The zero-order valence-electron chi connectivity index (χ0n) is 16.2. The van der Waals surface area contributed by atoms with Crippen LogP contribution in [0.25, 0.3) is 11.1 Å². The molecule has 1 atom stereocenters. The van der Waals surface area contributed by atoms with Crippen molar-refractivity contribution in [2.75, 3.05) is 21.3 Å². The van der Waals surface area contributed by atoms with E-state index in [4.69, 9.17) is 25.8 Å². The summed E-state index contributed by atoms with van der Waals surface area (Å²) >= 11 is 6.19. The number of carbonyl (C=O) groups is 1. The highest BCUT2D eigenvalue weighted by atomic mass is 35.5. The summed E-state index contributed by atoms with van der Waals surface area (Å²) in [6.45, 7) is 1.47. The molecule has 1 unspecified atom stereocenters. The second-order valence-corrected chi connectivity index (χ2v) is 6.94. The van der Waals surface area contributed by atoms with Gasteiger partial charge in [-0.1, -0.05) is 11.6 Å². The Bertz CT molecular complexity index is 989. The molecule has 1 N–H and O–H groups in total. The van der Waals surface area contributed by atoms with Crippen LogP contribution in [0.15, 0.2) is 29.1 Å². The number of amides is 1. The average molecular weight is 404 g/mol. The number of halogens is 1. The molecule has 0 heterocycles. The van der Waals surface area contributed by atoms with Crippen molar-refractivity contribution in [3.63, 3.8) is 0 Å². The number of aryl methyl sites for hydroxylation is 1. The number of hydrogen-bond donors (Lipinski definition) is 1. The van der Waals surface area contributed by atoms with Crippen LogP contribution in [0.3, 0.4) is 0 Å². The summed E-state index contributed by atoms with van der Waals surface area (Å²) in [6, 6.07) is 6.38. The van der Waals surface area contributed by atoms with Crippen LogP contribution < -0.4 is 25.0 Å². The van der Waals surface area contributed by atoms with Gasteiger partial charge in [0.25, 0.3) is 0 Å². The first-order valence-corrected chi connectivity index (χ1v) is 9.22. The van der Waals surface area contributed by atoms with Crippen LogP contribution in [0.2, 0.25) is 5.02 Å². The molecule has 0 radical (unpaired) electrons. The maximum absolute atomic E-state index is 12.2. The molecule has 1 aliphatic carbocycles. The first-order valence-electron chi connectivity index (χ1n) is 8.84. The molecule has 0 saturated carbocycles. The first kappa shape index (κ1) is 20.0. The van der Waals surface area contributed by atoms with Crippen LogP contribution >= 0.6 is 11.6 Å². The number of rotatable bonds is 4. The zero-order valence-corrected chi connectivity index (χ0v) is 17.0. The zero-order chi connectivity index (χ0) is 20.4. The lowest BCUT2D eigenvalue weighted by Crippen LogP contribution is -2.26. The van der Waals surface area contributed by atoms with Crippen LogP contribution in [-0.4, -0.2) is 27.2 Å². The lowest BCUT2D eigenvalue weighted by molar-refractivity contribution is -0.119. The van der Waals surface area contributed by atoms with Crippen LogP contribution in [0.5, 0.6) is 17.2 Å². The van der Waals surface area contributed by atoms with Crippen molar-refractivity contribution in [1.82, 2.24) is 5.32 Å². The number of methoxy groups -OCH3 is 3.